The van der Waals surface area contributed by atoms with Crippen LogP contribution >= 0.6 is 0 Å². The summed E-state index contributed by atoms with van der Waals surface area (Å²) in [5.74, 6) is -2.55. The second-order valence-electron chi connectivity index (χ2n) is 3.99. The number of carboxylic acid groups (broad SMARTS) is 1. The molecule has 96 valence electrons. The lowest BCUT2D eigenvalue weighted by atomic mass is 10.1. The summed E-state index contributed by atoms with van der Waals surface area (Å²) in [6.45, 7) is 0.544. The van der Waals surface area contributed by atoms with Gasteiger partial charge >= 0.3 is 5.97 Å². The van der Waals surface area contributed by atoms with E-state index < -0.39 is 23.5 Å². The van der Waals surface area contributed by atoms with Gasteiger partial charge in [0, 0.05) is 12.3 Å². The van der Waals surface area contributed by atoms with Gasteiger partial charge in [-0.1, -0.05) is 0 Å². The fraction of sp³-hybridized carbons (Fsp3) is 0.333. The molecular formula is C12H12FNO4. The first kappa shape index (κ1) is 12.5. The largest absolute Gasteiger partial charge is 0.478 e. The third kappa shape index (κ3) is 2.65. The highest BCUT2D eigenvalue weighted by atomic mass is 19.1. The lowest BCUT2D eigenvalue weighted by Gasteiger charge is -2.10. The van der Waals surface area contributed by atoms with Gasteiger partial charge in [-0.3, -0.25) is 4.79 Å². The molecular weight excluding hydrogens is 241 g/mol. The summed E-state index contributed by atoms with van der Waals surface area (Å²) in [4.78, 5) is 22.4. The van der Waals surface area contributed by atoms with Gasteiger partial charge in [-0.2, -0.15) is 0 Å². The molecule has 1 atom stereocenters. The van der Waals surface area contributed by atoms with Crippen molar-refractivity contribution in [3.05, 3.63) is 29.6 Å². The maximum absolute atomic E-state index is 13.1. The number of hydrogen-bond donors (Lipinski definition) is 2. The van der Waals surface area contributed by atoms with Crippen molar-refractivity contribution in [2.75, 3.05) is 11.9 Å². The zero-order valence-corrected chi connectivity index (χ0v) is 9.48. The first-order valence-electron chi connectivity index (χ1n) is 5.53. The van der Waals surface area contributed by atoms with Crippen LogP contribution in [0.1, 0.15) is 23.2 Å². The minimum Gasteiger partial charge on any atom is -0.478 e. The van der Waals surface area contributed by atoms with E-state index in [2.05, 4.69) is 5.32 Å². The quantitative estimate of drug-likeness (QED) is 0.858. The van der Waals surface area contributed by atoms with E-state index in [-0.39, 0.29) is 11.6 Å². The van der Waals surface area contributed by atoms with Gasteiger partial charge in [-0.25, -0.2) is 9.18 Å². The van der Waals surface area contributed by atoms with Crippen molar-refractivity contribution < 1.29 is 23.8 Å². The molecule has 1 aromatic carbocycles. The minimum atomic E-state index is -1.37. The van der Waals surface area contributed by atoms with Crippen molar-refractivity contribution in [3.8, 4) is 0 Å². The molecule has 0 bridgehead atoms. The van der Waals surface area contributed by atoms with E-state index in [1.807, 2.05) is 0 Å². The summed E-state index contributed by atoms with van der Waals surface area (Å²) in [5.41, 5.74) is -0.227. The Bertz CT molecular complexity index is 483. The smallest absolute Gasteiger partial charge is 0.338 e. The number of carbonyl (C=O) groups is 2. The van der Waals surface area contributed by atoms with Crippen LogP contribution in [0.25, 0.3) is 0 Å². The molecule has 5 nitrogen and oxygen atoms in total. The molecule has 18 heavy (non-hydrogen) atoms. The second-order valence-corrected chi connectivity index (χ2v) is 3.99. The van der Waals surface area contributed by atoms with Gasteiger partial charge in [0.25, 0.3) is 5.91 Å². The van der Waals surface area contributed by atoms with Crippen LogP contribution in [0.3, 0.4) is 0 Å². The molecule has 0 aromatic heterocycles. The van der Waals surface area contributed by atoms with E-state index in [1.54, 1.807) is 0 Å². The first-order chi connectivity index (χ1) is 8.58. The van der Waals surface area contributed by atoms with E-state index in [0.717, 1.165) is 18.6 Å². The topological polar surface area (TPSA) is 75.6 Å². The number of aromatic carboxylic acids is 1. The van der Waals surface area contributed by atoms with Gasteiger partial charge in [0.1, 0.15) is 11.9 Å². The average Bonchev–Trinajstić information content (AvgIpc) is 2.85. The summed E-state index contributed by atoms with van der Waals surface area (Å²) in [5, 5.41) is 11.3. The molecule has 1 aliphatic heterocycles. The zero-order chi connectivity index (χ0) is 13.1. The van der Waals surface area contributed by atoms with Crippen molar-refractivity contribution in [1.29, 1.82) is 0 Å². The molecule has 2 N–H and O–H groups in total. The third-order valence-corrected chi connectivity index (χ3v) is 2.69. The molecule has 1 fully saturated rings. The van der Waals surface area contributed by atoms with Crippen molar-refractivity contribution in [2.45, 2.75) is 18.9 Å². The molecule has 1 amide bonds. The maximum atomic E-state index is 13.1. The van der Waals surface area contributed by atoms with Gasteiger partial charge in [-0.15, -0.1) is 0 Å². The summed E-state index contributed by atoms with van der Waals surface area (Å²) in [6, 6.07) is 3.41. The van der Waals surface area contributed by atoms with E-state index in [1.165, 1.54) is 6.07 Å². The standard InChI is InChI=1S/C12H12FNO4/c13-9-4-3-7(6-8(9)12(16)17)14-11(15)10-2-1-5-18-10/h3-4,6,10H,1-2,5H2,(H,14,15)(H,16,17)/t10-/m0/s1. The van der Waals surface area contributed by atoms with Gasteiger partial charge in [0.05, 0.1) is 5.56 Å². The van der Waals surface area contributed by atoms with Gasteiger partial charge < -0.3 is 15.2 Å². The minimum absolute atomic E-state index is 0.245. The molecule has 1 aliphatic rings. The fourth-order valence-corrected chi connectivity index (χ4v) is 1.77. The van der Waals surface area contributed by atoms with Crippen LogP contribution in [-0.4, -0.2) is 29.7 Å². The highest BCUT2D eigenvalue weighted by Gasteiger charge is 2.23. The number of ether oxygens (including phenoxy) is 1. The van der Waals surface area contributed by atoms with E-state index in [9.17, 15) is 14.0 Å². The van der Waals surface area contributed by atoms with Crippen LogP contribution in [-0.2, 0) is 9.53 Å². The summed E-state index contributed by atoms with van der Waals surface area (Å²) >= 11 is 0. The average molecular weight is 253 g/mol. The molecule has 0 unspecified atom stereocenters. The van der Waals surface area contributed by atoms with Crippen LogP contribution in [0.2, 0.25) is 0 Å². The molecule has 0 spiro atoms. The van der Waals surface area contributed by atoms with E-state index >= 15 is 0 Å². The van der Waals surface area contributed by atoms with Gasteiger partial charge in [-0.05, 0) is 31.0 Å². The van der Waals surface area contributed by atoms with E-state index in [4.69, 9.17) is 9.84 Å². The number of anilines is 1. The number of nitrogens with one attached hydrogen (secondary N) is 1. The Hall–Kier alpha value is -1.95. The molecule has 1 heterocycles. The first-order valence-corrected chi connectivity index (χ1v) is 5.53. The monoisotopic (exact) mass is 253 g/mol. The Morgan fingerprint density at radius 1 is 1.44 bits per heavy atom. The molecule has 0 saturated carbocycles. The number of carbonyl (C=O) groups excluding carboxylic acids is 1. The normalized spacial score (nSPS) is 18.6. The lowest BCUT2D eigenvalue weighted by molar-refractivity contribution is -0.124. The van der Waals surface area contributed by atoms with Crippen LogP contribution < -0.4 is 5.32 Å². The SMILES string of the molecule is O=C(O)c1cc(NC(=O)[C@@H]2CCCO2)ccc1F. The molecule has 1 saturated heterocycles. The number of carboxylic acids is 1. The molecule has 6 heteroatoms. The number of halogens is 1. The number of hydrogen-bond acceptors (Lipinski definition) is 3. The van der Waals surface area contributed by atoms with Crippen molar-refractivity contribution >= 4 is 17.6 Å². The summed E-state index contributed by atoms with van der Waals surface area (Å²) in [7, 11) is 0. The second kappa shape index (κ2) is 5.14. The molecule has 0 aliphatic carbocycles. The van der Waals surface area contributed by atoms with Crippen molar-refractivity contribution in [3.63, 3.8) is 0 Å². The lowest BCUT2D eigenvalue weighted by Crippen LogP contribution is -2.27. The van der Waals surface area contributed by atoms with Gasteiger partial charge in [0.2, 0.25) is 0 Å². The number of rotatable bonds is 3. The van der Waals surface area contributed by atoms with Crippen LogP contribution in [0, 0.1) is 5.82 Å². The number of benzene rings is 1. The third-order valence-electron chi connectivity index (χ3n) is 2.69. The van der Waals surface area contributed by atoms with Crippen LogP contribution in [0.4, 0.5) is 10.1 Å². The summed E-state index contributed by atoms with van der Waals surface area (Å²) < 4.78 is 18.3. The van der Waals surface area contributed by atoms with Crippen LogP contribution in [0.15, 0.2) is 18.2 Å². The highest BCUT2D eigenvalue weighted by molar-refractivity contribution is 5.96. The Morgan fingerprint density at radius 3 is 2.83 bits per heavy atom. The maximum Gasteiger partial charge on any atom is 0.338 e. The Balaban J connectivity index is 2.11. The molecule has 2 rings (SSSR count). The predicted octanol–water partition coefficient (Wildman–Crippen LogP) is 1.64. The van der Waals surface area contributed by atoms with Crippen molar-refractivity contribution in [2.24, 2.45) is 0 Å². The summed E-state index contributed by atoms with van der Waals surface area (Å²) in [6.07, 6.45) is 0.948. The Labute approximate surface area is 103 Å². The molecule has 1 aromatic rings. The highest BCUT2D eigenvalue weighted by Crippen LogP contribution is 2.18. The Kier molecular flexibility index (Phi) is 3.57. The van der Waals surface area contributed by atoms with E-state index in [0.29, 0.717) is 13.0 Å². The van der Waals surface area contributed by atoms with Crippen LogP contribution in [0.5, 0.6) is 0 Å². The Morgan fingerprint density at radius 2 is 2.22 bits per heavy atom. The van der Waals surface area contributed by atoms with Crippen molar-refractivity contribution in [1.82, 2.24) is 0 Å². The predicted molar refractivity (Wildman–Crippen MR) is 61.0 cm³/mol. The van der Waals surface area contributed by atoms with Gasteiger partial charge in [0.15, 0.2) is 0 Å². The number of amides is 1. The fourth-order valence-electron chi connectivity index (χ4n) is 1.77. The zero-order valence-electron chi connectivity index (χ0n) is 9.48. The molecule has 0 radical (unpaired) electrons.